The minimum absolute atomic E-state index is 0.0169. The van der Waals surface area contributed by atoms with Crippen LogP contribution < -0.4 is 26.6 Å². The number of benzene rings is 1. The third kappa shape index (κ3) is 5.93. The van der Waals surface area contributed by atoms with E-state index in [1.807, 2.05) is 0 Å². The number of rotatable bonds is 9. The van der Waals surface area contributed by atoms with Crippen molar-refractivity contribution < 1.29 is 14.9 Å². The zero-order chi connectivity index (χ0) is 30.6. The summed E-state index contributed by atoms with van der Waals surface area (Å²) >= 11 is 0. The van der Waals surface area contributed by atoms with Crippen molar-refractivity contribution >= 4 is 11.4 Å². The van der Waals surface area contributed by atoms with E-state index in [1.165, 1.54) is 36.2 Å². The summed E-state index contributed by atoms with van der Waals surface area (Å²) in [4.78, 5) is 9.30. The summed E-state index contributed by atoms with van der Waals surface area (Å²) in [5.41, 5.74) is 10.4. The van der Waals surface area contributed by atoms with Gasteiger partial charge in [0.2, 0.25) is 0 Å². The summed E-state index contributed by atoms with van der Waals surface area (Å²) in [6.45, 7) is 14.8. The van der Waals surface area contributed by atoms with E-state index < -0.39 is 24.5 Å². The van der Waals surface area contributed by atoms with Gasteiger partial charge in [0.15, 0.2) is 0 Å². The summed E-state index contributed by atoms with van der Waals surface area (Å²) in [6.07, 6.45) is 2.02. The van der Waals surface area contributed by atoms with E-state index in [-0.39, 0.29) is 23.8 Å². The SMILES string of the molecule is CCN(C[C@H]1O[C@@H](N2CNC3C(N)NCN(CC)C32)[C@H](O)[C@@H]1O)C1CC(CCC2Nc3cc(C(C)(C)C)ccc3N2C)C1. The molecule has 4 unspecified atom stereocenters. The summed E-state index contributed by atoms with van der Waals surface area (Å²) in [5.74, 6) is 0.715. The zero-order valence-corrected chi connectivity index (χ0v) is 27.0. The monoisotopic (exact) mass is 600 g/mol. The molecule has 4 fully saturated rings. The lowest BCUT2D eigenvalue weighted by Gasteiger charge is -2.45. The minimum atomic E-state index is -0.956. The number of aliphatic hydroxyl groups excluding tert-OH is 2. The zero-order valence-electron chi connectivity index (χ0n) is 27.0. The second-order valence-corrected chi connectivity index (χ2v) is 14.6. The van der Waals surface area contributed by atoms with Crippen molar-refractivity contribution in [1.29, 1.82) is 0 Å². The average Bonchev–Trinajstić information content (AvgIpc) is 3.61. The van der Waals surface area contributed by atoms with Crippen molar-refractivity contribution in [3.8, 4) is 0 Å². The van der Waals surface area contributed by atoms with Crippen LogP contribution in [0.1, 0.15) is 65.9 Å². The van der Waals surface area contributed by atoms with Crippen LogP contribution >= 0.6 is 0 Å². The lowest BCUT2D eigenvalue weighted by molar-refractivity contribution is -0.132. The molecule has 1 saturated carbocycles. The number of anilines is 2. The maximum Gasteiger partial charge on any atom is 0.142 e. The number of hydrogen-bond donors (Lipinski definition) is 6. The lowest BCUT2D eigenvalue weighted by atomic mass is 9.76. The Morgan fingerprint density at radius 1 is 1.07 bits per heavy atom. The van der Waals surface area contributed by atoms with Crippen molar-refractivity contribution in [2.45, 2.75) is 121 Å². The molecule has 4 aliphatic heterocycles. The Hall–Kier alpha value is -1.54. The van der Waals surface area contributed by atoms with E-state index in [0.717, 1.165) is 19.5 Å². The Balaban J connectivity index is 0.992. The number of nitrogens with two attached hydrogens (primary N) is 1. The first-order valence-corrected chi connectivity index (χ1v) is 16.6. The van der Waals surface area contributed by atoms with E-state index >= 15 is 0 Å². The standard InChI is InChI=1S/C32H56N8O3/c1-7-38(16-24-27(41)28(42)31(43-24)40-18-34-26-29(33)35-17-39(8-2)30(26)40)21-13-19(14-21)9-12-25-36-22-15-20(32(3,4)5)10-11-23(22)37(25)6/h10-11,15,19,21,24-31,34-36,41-42H,7-9,12-14,16-18,33H2,1-6H3/t19?,21?,24-,25?,26?,27-,28-,29?,30?,31-/m1/s1. The first-order valence-electron chi connectivity index (χ1n) is 16.6. The number of likely N-dealkylation sites (N-methyl/N-ethyl adjacent to an activating group) is 2. The average molecular weight is 601 g/mol. The Labute approximate surface area is 258 Å². The van der Waals surface area contributed by atoms with Gasteiger partial charge in [0.25, 0.3) is 0 Å². The molecule has 43 heavy (non-hydrogen) atoms. The quantitative estimate of drug-likeness (QED) is 0.245. The molecule has 1 aromatic carbocycles. The van der Waals surface area contributed by atoms with Crippen LogP contribution in [0.5, 0.6) is 0 Å². The normalized spacial score (nSPS) is 38.3. The Morgan fingerprint density at radius 3 is 2.53 bits per heavy atom. The highest BCUT2D eigenvalue weighted by atomic mass is 16.6. The molecule has 3 saturated heterocycles. The van der Waals surface area contributed by atoms with Gasteiger partial charge in [0.1, 0.15) is 24.5 Å². The van der Waals surface area contributed by atoms with Gasteiger partial charge >= 0.3 is 0 Å². The topological polar surface area (TPSA) is 125 Å². The molecule has 11 heteroatoms. The van der Waals surface area contributed by atoms with Crippen LogP contribution in [0.4, 0.5) is 11.4 Å². The number of aliphatic hydroxyl groups is 2. The highest BCUT2D eigenvalue weighted by molar-refractivity contribution is 5.76. The van der Waals surface area contributed by atoms with Gasteiger partial charge in [0.05, 0.1) is 49.3 Å². The van der Waals surface area contributed by atoms with Gasteiger partial charge in [-0.1, -0.05) is 40.7 Å². The molecule has 0 radical (unpaired) electrons. The number of hydrogen-bond acceptors (Lipinski definition) is 11. The van der Waals surface area contributed by atoms with Gasteiger partial charge in [-0.05, 0) is 67.8 Å². The highest BCUT2D eigenvalue weighted by Gasteiger charge is 2.53. The highest BCUT2D eigenvalue weighted by Crippen LogP contribution is 2.41. The molecule has 7 N–H and O–H groups in total. The Morgan fingerprint density at radius 2 is 1.84 bits per heavy atom. The van der Waals surface area contributed by atoms with Crippen molar-refractivity contribution in [2.75, 3.05) is 50.2 Å². The Bertz CT molecular complexity index is 1110. The summed E-state index contributed by atoms with van der Waals surface area (Å²) < 4.78 is 6.45. The van der Waals surface area contributed by atoms with Crippen LogP contribution in [0, 0.1) is 5.92 Å². The van der Waals surface area contributed by atoms with Gasteiger partial charge in [0, 0.05) is 19.6 Å². The van der Waals surface area contributed by atoms with Crippen LogP contribution in [0.3, 0.4) is 0 Å². The van der Waals surface area contributed by atoms with Crippen LogP contribution in [0.25, 0.3) is 0 Å². The van der Waals surface area contributed by atoms with Gasteiger partial charge in [-0.2, -0.15) is 0 Å². The molecule has 0 amide bonds. The molecule has 8 atom stereocenters. The second kappa shape index (κ2) is 12.3. The van der Waals surface area contributed by atoms with Crippen molar-refractivity contribution in [3.63, 3.8) is 0 Å². The fraction of sp³-hybridized carbons (Fsp3) is 0.812. The maximum atomic E-state index is 11.1. The molecule has 1 aliphatic carbocycles. The third-order valence-corrected chi connectivity index (χ3v) is 11.0. The lowest BCUT2D eigenvalue weighted by Crippen LogP contribution is -2.69. The number of nitrogens with zero attached hydrogens (tertiary/aromatic N) is 4. The molecule has 0 aromatic heterocycles. The first-order chi connectivity index (χ1) is 20.5. The van der Waals surface area contributed by atoms with E-state index in [2.05, 4.69) is 95.4 Å². The van der Waals surface area contributed by atoms with Crippen LogP contribution in [-0.2, 0) is 10.2 Å². The molecule has 1 aromatic rings. The van der Waals surface area contributed by atoms with E-state index in [1.54, 1.807) is 0 Å². The van der Waals surface area contributed by atoms with Gasteiger partial charge in [-0.25, -0.2) is 4.90 Å². The van der Waals surface area contributed by atoms with E-state index in [0.29, 0.717) is 38.0 Å². The fourth-order valence-corrected chi connectivity index (χ4v) is 8.03. The van der Waals surface area contributed by atoms with Crippen molar-refractivity contribution in [3.05, 3.63) is 23.8 Å². The molecule has 0 bridgehead atoms. The summed E-state index contributed by atoms with van der Waals surface area (Å²) in [7, 11) is 2.20. The molecule has 0 spiro atoms. The van der Waals surface area contributed by atoms with Crippen molar-refractivity contribution in [2.24, 2.45) is 11.7 Å². The maximum absolute atomic E-state index is 11.1. The van der Waals surface area contributed by atoms with Crippen LogP contribution in [0.15, 0.2) is 18.2 Å². The predicted molar refractivity (Wildman–Crippen MR) is 170 cm³/mol. The molecular formula is C32H56N8O3. The van der Waals surface area contributed by atoms with Crippen molar-refractivity contribution in [1.82, 2.24) is 25.3 Å². The predicted octanol–water partition coefficient (Wildman–Crippen LogP) is 1.22. The van der Waals surface area contributed by atoms with Gasteiger partial charge in [-0.3, -0.25) is 20.4 Å². The molecular weight excluding hydrogens is 544 g/mol. The summed E-state index contributed by atoms with van der Waals surface area (Å²) in [6, 6.07) is 7.39. The molecule has 5 aliphatic rings. The number of ether oxygens (including phenoxy) is 1. The summed E-state index contributed by atoms with van der Waals surface area (Å²) in [5, 5.41) is 32.8. The minimum Gasteiger partial charge on any atom is -0.387 e. The smallest absolute Gasteiger partial charge is 0.142 e. The van der Waals surface area contributed by atoms with Crippen LogP contribution in [-0.4, -0.2) is 120 Å². The van der Waals surface area contributed by atoms with Gasteiger partial charge in [-0.15, -0.1) is 0 Å². The number of nitrogens with one attached hydrogen (secondary N) is 3. The molecule has 4 heterocycles. The molecule has 11 nitrogen and oxygen atoms in total. The number of fused-ring (bicyclic) bond motifs is 2. The van der Waals surface area contributed by atoms with E-state index in [4.69, 9.17) is 10.5 Å². The molecule has 242 valence electrons. The molecule has 6 rings (SSSR count). The van der Waals surface area contributed by atoms with Gasteiger partial charge < -0.3 is 30.9 Å². The Kier molecular flexibility index (Phi) is 9.02. The second-order valence-electron chi connectivity index (χ2n) is 14.6. The third-order valence-electron chi connectivity index (χ3n) is 11.0. The fourth-order valence-electron chi connectivity index (χ4n) is 8.03. The largest absolute Gasteiger partial charge is 0.387 e. The van der Waals surface area contributed by atoms with Crippen LogP contribution in [0.2, 0.25) is 0 Å². The first kappa shape index (κ1) is 31.4. The van der Waals surface area contributed by atoms with E-state index in [9.17, 15) is 10.2 Å².